The molecule has 1 aromatic carbocycles. The monoisotopic (exact) mass is 314 g/mol. The van der Waals surface area contributed by atoms with Crippen LogP contribution in [0, 0.1) is 0 Å². The number of carboxylic acid groups (broad SMARTS) is 1. The highest BCUT2D eigenvalue weighted by molar-refractivity contribution is 7.90. The quantitative estimate of drug-likeness (QED) is 0.700. The first-order valence-corrected chi connectivity index (χ1v) is 8.24. The van der Waals surface area contributed by atoms with E-state index in [0.29, 0.717) is 5.56 Å². The van der Waals surface area contributed by atoms with Crippen LogP contribution in [0.25, 0.3) is 0 Å². The molecule has 0 fully saturated rings. The minimum Gasteiger partial charge on any atom is -0.479 e. The molecule has 7 nitrogen and oxygen atoms in total. The van der Waals surface area contributed by atoms with Crippen LogP contribution < -0.4 is 10.6 Å². The Bertz CT molecular complexity index is 615. The van der Waals surface area contributed by atoms with Gasteiger partial charge in [0.1, 0.15) is 9.84 Å². The predicted octanol–water partition coefficient (Wildman–Crippen LogP) is 0.330. The Morgan fingerprint density at radius 1 is 1.24 bits per heavy atom. The summed E-state index contributed by atoms with van der Waals surface area (Å²) in [7, 11) is -3.19. The van der Waals surface area contributed by atoms with Crippen molar-refractivity contribution in [2.24, 2.45) is 0 Å². The summed E-state index contributed by atoms with van der Waals surface area (Å²) in [5, 5.41) is 14.0. The van der Waals surface area contributed by atoms with E-state index in [1.807, 2.05) is 0 Å². The van der Waals surface area contributed by atoms with Crippen LogP contribution in [0.1, 0.15) is 12.5 Å². The number of amides is 2. The standard InChI is InChI=1S/C13H18N2O5S/c1-13(11(16)17,10-6-4-3-5-7-10)15-12(18)14-8-9-21(2,19)20/h3-7H,8-9H2,1-2H3,(H,16,17)(H2,14,15,18). The van der Waals surface area contributed by atoms with E-state index in [1.54, 1.807) is 30.3 Å². The molecule has 0 bridgehead atoms. The maximum atomic E-state index is 11.7. The third-order valence-electron chi connectivity index (χ3n) is 2.90. The molecule has 1 aromatic rings. The summed E-state index contributed by atoms with van der Waals surface area (Å²) in [6.07, 6.45) is 1.05. The molecule has 0 aromatic heterocycles. The van der Waals surface area contributed by atoms with Gasteiger partial charge in [-0.05, 0) is 12.5 Å². The fourth-order valence-electron chi connectivity index (χ4n) is 1.64. The van der Waals surface area contributed by atoms with Gasteiger partial charge >= 0.3 is 12.0 Å². The van der Waals surface area contributed by atoms with Gasteiger partial charge in [0.15, 0.2) is 5.54 Å². The Kier molecular flexibility index (Phi) is 5.31. The van der Waals surface area contributed by atoms with Crippen molar-refractivity contribution in [3.63, 3.8) is 0 Å². The number of rotatable bonds is 6. The molecule has 21 heavy (non-hydrogen) atoms. The van der Waals surface area contributed by atoms with Crippen molar-refractivity contribution in [3.8, 4) is 0 Å². The van der Waals surface area contributed by atoms with E-state index in [2.05, 4.69) is 10.6 Å². The van der Waals surface area contributed by atoms with Crippen molar-refractivity contribution in [2.75, 3.05) is 18.6 Å². The largest absolute Gasteiger partial charge is 0.479 e. The van der Waals surface area contributed by atoms with E-state index in [4.69, 9.17) is 0 Å². The highest BCUT2D eigenvalue weighted by atomic mass is 32.2. The summed E-state index contributed by atoms with van der Waals surface area (Å²) in [5.74, 6) is -1.43. The van der Waals surface area contributed by atoms with E-state index < -0.39 is 27.4 Å². The molecule has 2 amide bonds. The molecule has 1 atom stereocenters. The van der Waals surface area contributed by atoms with E-state index >= 15 is 0 Å². The minimum atomic E-state index is -3.19. The molecule has 0 radical (unpaired) electrons. The van der Waals surface area contributed by atoms with Gasteiger partial charge in [-0.1, -0.05) is 30.3 Å². The normalized spacial score (nSPS) is 14.0. The number of nitrogens with one attached hydrogen (secondary N) is 2. The summed E-state index contributed by atoms with van der Waals surface area (Å²) in [6, 6.07) is 7.50. The number of benzene rings is 1. The molecular weight excluding hydrogens is 296 g/mol. The maximum absolute atomic E-state index is 11.7. The topological polar surface area (TPSA) is 113 Å². The van der Waals surface area contributed by atoms with Gasteiger partial charge in [0.2, 0.25) is 0 Å². The molecule has 0 aliphatic carbocycles. The third kappa shape index (κ3) is 5.07. The first kappa shape index (κ1) is 17.0. The molecule has 1 unspecified atom stereocenters. The van der Waals surface area contributed by atoms with Gasteiger partial charge in [-0.25, -0.2) is 18.0 Å². The van der Waals surface area contributed by atoms with Crippen molar-refractivity contribution in [1.82, 2.24) is 10.6 Å². The number of hydrogen-bond acceptors (Lipinski definition) is 4. The van der Waals surface area contributed by atoms with Gasteiger partial charge in [-0.15, -0.1) is 0 Å². The average Bonchev–Trinajstić information content (AvgIpc) is 2.37. The summed E-state index contributed by atoms with van der Waals surface area (Å²) >= 11 is 0. The fourth-order valence-corrected chi connectivity index (χ4v) is 2.11. The fraction of sp³-hybridized carbons (Fsp3) is 0.385. The molecule has 0 spiro atoms. The number of aliphatic carboxylic acids is 1. The van der Waals surface area contributed by atoms with Gasteiger partial charge in [-0.3, -0.25) is 0 Å². The lowest BCUT2D eigenvalue weighted by molar-refractivity contribution is -0.144. The number of carbonyl (C=O) groups excluding carboxylic acids is 1. The number of carboxylic acids is 1. The maximum Gasteiger partial charge on any atom is 0.333 e. The Morgan fingerprint density at radius 2 is 1.81 bits per heavy atom. The van der Waals surface area contributed by atoms with Gasteiger partial charge in [0.05, 0.1) is 5.75 Å². The zero-order valence-electron chi connectivity index (χ0n) is 11.8. The first-order chi connectivity index (χ1) is 9.65. The highest BCUT2D eigenvalue weighted by Crippen LogP contribution is 2.20. The molecule has 0 saturated heterocycles. The van der Waals surface area contributed by atoms with Crippen molar-refractivity contribution < 1.29 is 23.1 Å². The summed E-state index contributed by atoms with van der Waals surface area (Å²) in [4.78, 5) is 23.2. The van der Waals surface area contributed by atoms with Crippen LogP contribution in [0.2, 0.25) is 0 Å². The first-order valence-electron chi connectivity index (χ1n) is 6.18. The molecular formula is C13H18N2O5S. The van der Waals surface area contributed by atoms with E-state index in [-0.39, 0.29) is 12.3 Å². The van der Waals surface area contributed by atoms with Gasteiger partial charge in [0.25, 0.3) is 0 Å². The van der Waals surface area contributed by atoms with Crippen LogP contribution in [0.4, 0.5) is 4.79 Å². The van der Waals surface area contributed by atoms with Crippen LogP contribution in [-0.4, -0.2) is 44.1 Å². The zero-order chi connectivity index (χ0) is 16.1. The lowest BCUT2D eigenvalue weighted by atomic mass is 9.92. The number of urea groups is 1. The molecule has 8 heteroatoms. The van der Waals surface area contributed by atoms with E-state index in [1.165, 1.54) is 6.92 Å². The van der Waals surface area contributed by atoms with E-state index in [0.717, 1.165) is 6.26 Å². The molecule has 116 valence electrons. The smallest absolute Gasteiger partial charge is 0.333 e. The summed E-state index contributed by atoms with van der Waals surface area (Å²) < 4.78 is 21.9. The second-order valence-corrected chi connectivity index (χ2v) is 7.07. The molecule has 1 rings (SSSR count). The molecule has 0 aliphatic rings. The lowest BCUT2D eigenvalue weighted by Gasteiger charge is -2.26. The molecule has 0 saturated carbocycles. The molecule has 0 aliphatic heterocycles. The predicted molar refractivity (Wildman–Crippen MR) is 77.7 cm³/mol. The Labute approximate surface area is 123 Å². The Hall–Kier alpha value is -2.09. The van der Waals surface area contributed by atoms with Crippen LogP contribution >= 0.6 is 0 Å². The van der Waals surface area contributed by atoms with Gasteiger partial charge in [0, 0.05) is 12.8 Å². The van der Waals surface area contributed by atoms with Crippen molar-refractivity contribution in [3.05, 3.63) is 35.9 Å². The van der Waals surface area contributed by atoms with Crippen LogP contribution in [0.3, 0.4) is 0 Å². The van der Waals surface area contributed by atoms with Crippen LogP contribution in [0.5, 0.6) is 0 Å². The Balaban J connectivity index is 2.76. The van der Waals surface area contributed by atoms with Crippen molar-refractivity contribution in [2.45, 2.75) is 12.5 Å². The van der Waals surface area contributed by atoms with Crippen molar-refractivity contribution in [1.29, 1.82) is 0 Å². The number of hydrogen-bond donors (Lipinski definition) is 3. The third-order valence-corrected chi connectivity index (χ3v) is 3.85. The summed E-state index contributed by atoms with van der Waals surface area (Å²) in [5.41, 5.74) is -1.19. The second-order valence-electron chi connectivity index (χ2n) is 4.81. The lowest BCUT2D eigenvalue weighted by Crippen LogP contribution is -2.53. The second kappa shape index (κ2) is 6.57. The van der Waals surface area contributed by atoms with Gasteiger partial charge in [-0.2, -0.15) is 0 Å². The number of carbonyl (C=O) groups is 2. The highest BCUT2D eigenvalue weighted by Gasteiger charge is 2.36. The molecule has 3 N–H and O–H groups in total. The van der Waals surface area contributed by atoms with E-state index in [9.17, 15) is 23.1 Å². The molecule has 0 heterocycles. The van der Waals surface area contributed by atoms with Gasteiger partial charge < -0.3 is 15.7 Å². The summed E-state index contributed by atoms with van der Waals surface area (Å²) in [6.45, 7) is 1.27. The minimum absolute atomic E-state index is 0.0881. The Morgan fingerprint density at radius 3 is 2.29 bits per heavy atom. The number of sulfone groups is 1. The SMILES string of the molecule is CC(NC(=O)NCCS(C)(=O)=O)(C(=O)O)c1ccccc1. The zero-order valence-corrected chi connectivity index (χ0v) is 12.6. The van der Waals surface area contributed by atoms with Crippen LogP contribution in [-0.2, 0) is 20.2 Å². The van der Waals surface area contributed by atoms with Crippen LogP contribution in [0.15, 0.2) is 30.3 Å². The average molecular weight is 314 g/mol. The van der Waals surface area contributed by atoms with Crippen molar-refractivity contribution >= 4 is 21.8 Å².